The molecule has 23 heavy (non-hydrogen) atoms. The number of nitrogens with zero attached hydrogens (tertiary/aromatic N) is 3. The largest absolute Gasteiger partial charge is 0.335 e. The van der Waals surface area contributed by atoms with Crippen LogP contribution in [0.15, 0.2) is 16.8 Å². The average Bonchev–Trinajstić information content (AvgIpc) is 3.16. The molecule has 0 fully saturated rings. The number of aromatic nitrogens is 3. The first-order valence-electron chi connectivity index (χ1n) is 8.17. The van der Waals surface area contributed by atoms with Gasteiger partial charge in [0.2, 0.25) is 0 Å². The second-order valence-electron chi connectivity index (χ2n) is 6.01. The van der Waals surface area contributed by atoms with E-state index in [1.54, 1.807) is 11.3 Å². The quantitative estimate of drug-likeness (QED) is 0.883. The number of amides is 2. The lowest BCUT2D eigenvalue weighted by Crippen LogP contribution is -2.44. The van der Waals surface area contributed by atoms with Gasteiger partial charge in [-0.2, -0.15) is 16.4 Å². The van der Waals surface area contributed by atoms with Crippen molar-refractivity contribution in [2.45, 2.75) is 58.2 Å². The van der Waals surface area contributed by atoms with Crippen molar-refractivity contribution >= 4 is 17.4 Å². The Bertz CT molecular complexity index is 651. The number of nitrogens with one attached hydrogen (secondary N) is 2. The van der Waals surface area contributed by atoms with E-state index in [0.29, 0.717) is 0 Å². The lowest BCUT2D eigenvalue weighted by atomic mass is 10.1. The second-order valence-corrected chi connectivity index (χ2v) is 6.79. The van der Waals surface area contributed by atoms with E-state index in [0.717, 1.165) is 43.9 Å². The van der Waals surface area contributed by atoms with E-state index in [1.807, 2.05) is 18.5 Å². The molecule has 3 heterocycles. The number of hydrogen-bond donors (Lipinski definition) is 2. The molecule has 0 aromatic carbocycles. The topological polar surface area (TPSA) is 71.8 Å². The van der Waals surface area contributed by atoms with E-state index < -0.39 is 0 Å². The molecule has 6 nitrogen and oxygen atoms in total. The molecule has 2 aromatic rings. The molecule has 0 saturated carbocycles. The molecule has 2 N–H and O–H groups in total. The summed E-state index contributed by atoms with van der Waals surface area (Å²) in [5.74, 6) is 1.73. The average molecular weight is 333 g/mol. The number of thiophene rings is 1. The SMILES string of the molecule is CCc1nc2n(n1)CCCC2NC(=O)NC(C)Cc1ccsc1. The Labute approximate surface area is 140 Å². The third-order valence-electron chi connectivity index (χ3n) is 4.04. The fraction of sp³-hybridized carbons (Fsp3) is 0.562. The molecule has 3 rings (SSSR count). The summed E-state index contributed by atoms with van der Waals surface area (Å²) in [6.45, 7) is 4.95. The number of aryl methyl sites for hydroxylation is 2. The van der Waals surface area contributed by atoms with Crippen molar-refractivity contribution in [3.8, 4) is 0 Å². The molecular formula is C16H23N5OS. The lowest BCUT2D eigenvalue weighted by Gasteiger charge is -2.24. The molecular weight excluding hydrogens is 310 g/mol. The summed E-state index contributed by atoms with van der Waals surface area (Å²) >= 11 is 1.68. The minimum atomic E-state index is -0.132. The minimum absolute atomic E-state index is 0.0510. The summed E-state index contributed by atoms with van der Waals surface area (Å²) in [4.78, 5) is 16.8. The Morgan fingerprint density at radius 2 is 2.43 bits per heavy atom. The van der Waals surface area contributed by atoms with Crippen LogP contribution in [0, 0.1) is 0 Å². The maximum atomic E-state index is 12.3. The zero-order chi connectivity index (χ0) is 16.2. The molecule has 2 amide bonds. The Balaban J connectivity index is 1.57. The van der Waals surface area contributed by atoms with Gasteiger partial charge >= 0.3 is 6.03 Å². The van der Waals surface area contributed by atoms with Gasteiger partial charge in [0.1, 0.15) is 5.82 Å². The van der Waals surface area contributed by atoms with Crippen LogP contribution in [0.2, 0.25) is 0 Å². The summed E-state index contributed by atoms with van der Waals surface area (Å²) in [6.07, 6.45) is 3.58. The summed E-state index contributed by atoms with van der Waals surface area (Å²) in [5.41, 5.74) is 1.26. The molecule has 2 unspecified atom stereocenters. The summed E-state index contributed by atoms with van der Waals surface area (Å²) in [7, 11) is 0. The van der Waals surface area contributed by atoms with Crippen LogP contribution in [0.3, 0.4) is 0 Å². The molecule has 1 aliphatic rings. The number of urea groups is 1. The van der Waals surface area contributed by atoms with Crippen molar-refractivity contribution in [1.82, 2.24) is 25.4 Å². The maximum absolute atomic E-state index is 12.3. The molecule has 7 heteroatoms. The van der Waals surface area contributed by atoms with Gasteiger partial charge in [0.25, 0.3) is 0 Å². The van der Waals surface area contributed by atoms with Crippen molar-refractivity contribution in [2.24, 2.45) is 0 Å². The Morgan fingerprint density at radius 3 is 3.17 bits per heavy atom. The van der Waals surface area contributed by atoms with Crippen LogP contribution in [0.1, 0.15) is 49.9 Å². The van der Waals surface area contributed by atoms with Crippen molar-refractivity contribution < 1.29 is 4.79 Å². The molecule has 1 aliphatic heterocycles. The third-order valence-corrected chi connectivity index (χ3v) is 4.77. The third kappa shape index (κ3) is 3.90. The van der Waals surface area contributed by atoms with Crippen molar-refractivity contribution in [2.75, 3.05) is 0 Å². The molecule has 0 saturated heterocycles. The number of carbonyl (C=O) groups excluding carboxylic acids is 1. The predicted octanol–water partition coefficient (Wildman–Crippen LogP) is 2.67. The fourth-order valence-electron chi connectivity index (χ4n) is 2.92. The van der Waals surface area contributed by atoms with E-state index in [9.17, 15) is 4.79 Å². The van der Waals surface area contributed by atoms with Gasteiger partial charge in [-0.3, -0.25) is 0 Å². The molecule has 0 radical (unpaired) electrons. The molecule has 0 aliphatic carbocycles. The van der Waals surface area contributed by atoms with Gasteiger partial charge in [0, 0.05) is 19.0 Å². The molecule has 2 atom stereocenters. The molecule has 0 bridgehead atoms. The molecule has 124 valence electrons. The Kier molecular flexibility index (Phi) is 4.95. The van der Waals surface area contributed by atoms with Crippen LogP contribution < -0.4 is 10.6 Å². The van der Waals surface area contributed by atoms with Gasteiger partial charge in [0.15, 0.2) is 5.82 Å². The van der Waals surface area contributed by atoms with Crippen LogP contribution in [0.5, 0.6) is 0 Å². The standard InChI is InChI=1S/C16H23N5OS/c1-3-14-19-15-13(5-4-7-21(15)20-14)18-16(22)17-11(2)9-12-6-8-23-10-12/h6,8,10-11,13H,3-5,7,9H2,1-2H3,(H2,17,18,22). The highest BCUT2D eigenvalue weighted by Crippen LogP contribution is 2.23. The van der Waals surface area contributed by atoms with Crippen LogP contribution in [0.25, 0.3) is 0 Å². The van der Waals surface area contributed by atoms with Gasteiger partial charge in [-0.1, -0.05) is 6.92 Å². The summed E-state index contributed by atoms with van der Waals surface area (Å²) < 4.78 is 1.93. The van der Waals surface area contributed by atoms with Crippen molar-refractivity contribution in [3.05, 3.63) is 34.0 Å². The second kappa shape index (κ2) is 7.12. The molecule has 0 spiro atoms. The highest BCUT2D eigenvalue weighted by molar-refractivity contribution is 7.07. The van der Waals surface area contributed by atoms with Crippen LogP contribution in [-0.4, -0.2) is 26.8 Å². The van der Waals surface area contributed by atoms with Gasteiger partial charge < -0.3 is 10.6 Å². The first-order chi connectivity index (χ1) is 11.2. The van der Waals surface area contributed by atoms with E-state index in [1.165, 1.54) is 5.56 Å². The number of hydrogen-bond acceptors (Lipinski definition) is 4. The highest BCUT2D eigenvalue weighted by atomic mass is 32.1. The number of rotatable bonds is 5. The number of fused-ring (bicyclic) bond motifs is 1. The minimum Gasteiger partial charge on any atom is -0.335 e. The normalized spacial score (nSPS) is 18.3. The van der Waals surface area contributed by atoms with Crippen LogP contribution in [0.4, 0.5) is 4.79 Å². The highest BCUT2D eigenvalue weighted by Gasteiger charge is 2.25. The summed E-state index contributed by atoms with van der Waals surface area (Å²) in [5, 5.41) is 14.7. The number of carbonyl (C=O) groups is 1. The molecule has 2 aromatic heterocycles. The monoisotopic (exact) mass is 333 g/mol. The fourth-order valence-corrected chi connectivity index (χ4v) is 3.60. The smallest absolute Gasteiger partial charge is 0.315 e. The zero-order valence-corrected chi connectivity index (χ0v) is 14.4. The van der Waals surface area contributed by atoms with E-state index >= 15 is 0 Å². The van der Waals surface area contributed by atoms with E-state index in [4.69, 9.17) is 0 Å². The lowest BCUT2D eigenvalue weighted by molar-refractivity contribution is 0.229. The van der Waals surface area contributed by atoms with Crippen molar-refractivity contribution in [3.63, 3.8) is 0 Å². The first kappa shape index (κ1) is 16.0. The first-order valence-corrected chi connectivity index (χ1v) is 9.11. The summed E-state index contributed by atoms with van der Waals surface area (Å²) in [6, 6.07) is 2.01. The van der Waals surface area contributed by atoms with Gasteiger partial charge in [-0.25, -0.2) is 14.5 Å². The maximum Gasteiger partial charge on any atom is 0.315 e. The van der Waals surface area contributed by atoms with Gasteiger partial charge in [-0.05, 0) is 48.6 Å². The Hall–Kier alpha value is -1.89. The zero-order valence-electron chi connectivity index (χ0n) is 13.6. The van der Waals surface area contributed by atoms with Crippen molar-refractivity contribution in [1.29, 1.82) is 0 Å². The van der Waals surface area contributed by atoms with Crippen LogP contribution >= 0.6 is 11.3 Å². The predicted molar refractivity (Wildman–Crippen MR) is 90.5 cm³/mol. The van der Waals surface area contributed by atoms with Gasteiger partial charge in [-0.15, -0.1) is 0 Å². The van der Waals surface area contributed by atoms with Crippen LogP contribution in [-0.2, 0) is 19.4 Å². The van der Waals surface area contributed by atoms with E-state index in [-0.39, 0.29) is 18.1 Å². The van der Waals surface area contributed by atoms with Gasteiger partial charge in [0.05, 0.1) is 6.04 Å². The van der Waals surface area contributed by atoms with E-state index in [2.05, 4.69) is 37.5 Å². The Morgan fingerprint density at radius 1 is 1.57 bits per heavy atom.